The largest absolute Gasteiger partial charge is 0.290 e. The van der Waals surface area contributed by atoms with Gasteiger partial charge in [-0.05, 0) is 0 Å². The fraction of sp³-hybridized carbons (Fsp3) is 0.0667. The zero-order valence-corrected chi connectivity index (χ0v) is 13.4. The van der Waals surface area contributed by atoms with Crippen LogP contribution in [0.1, 0.15) is 21.3 Å². The third kappa shape index (κ3) is 2.49. The van der Waals surface area contributed by atoms with Gasteiger partial charge in [0.15, 0.2) is 16.8 Å². The summed E-state index contributed by atoms with van der Waals surface area (Å²) in [5.41, 5.74) is 1.40. The van der Waals surface area contributed by atoms with E-state index in [4.69, 9.17) is 0 Å². The molecule has 0 saturated heterocycles. The highest BCUT2D eigenvalue weighted by Gasteiger charge is 2.48. The Morgan fingerprint density at radius 2 is 1.96 bits per heavy atom. The quantitative estimate of drug-likeness (QED) is 0.465. The van der Waals surface area contributed by atoms with Gasteiger partial charge in [-0.2, -0.15) is 0 Å². The van der Waals surface area contributed by atoms with Crippen LogP contribution in [0.15, 0.2) is 55.2 Å². The summed E-state index contributed by atoms with van der Waals surface area (Å²) in [6.45, 7) is 3.33. The van der Waals surface area contributed by atoms with Crippen molar-refractivity contribution in [2.45, 2.75) is 5.25 Å². The number of carbonyl (C=O) groups excluding carboxylic acids is 1. The van der Waals surface area contributed by atoms with E-state index in [-0.39, 0.29) is 17.1 Å². The summed E-state index contributed by atoms with van der Waals surface area (Å²) in [5.74, 6) is -1.08. The summed E-state index contributed by atoms with van der Waals surface area (Å²) in [6, 6.07) is 5.18. The van der Waals surface area contributed by atoms with Crippen molar-refractivity contribution in [1.29, 1.82) is 0 Å². The van der Waals surface area contributed by atoms with Gasteiger partial charge in [-0.15, -0.1) is 5.73 Å². The van der Waals surface area contributed by atoms with E-state index in [2.05, 4.69) is 22.3 Å². The van der Waals surface area contributed by atoms with Crippen molar-refractivity contribution in [3.63, 3.8) is 0 Å². The summed E-state index contributed by atoms with van der Waals surface area (Å²) in [7, 11) is -4.38. The Balaban J connectivity index is 2.34. The van der Waals surface area contributed by atoms with Crippen molar-refractivity contribution in [2.75, 3.05) is 4.31 Å². The number of benzene rings is 1. The third-order valence-corrected chi connectivity index (χ3v) is 5.45. The second-order valence-electron chi connectivity index (χ2n) is 4.96. The number of ketones is 1. The molecule has 1 aliphatic heterocycles. The molecule has 0 fully saturated rings. The summed E-state index contributed by atoms with van der Waals surface area (Å²) in [6.07, 6.45) is 3.47. The van der Waals surface area contributed by atoms with Crippen molar-refractivity contribution >= 4 is 27.3 Å². The van der Waals surface area contributed by atoms with Crippen LogP contribution in [-0.2, 0) is 10.0 Å². The van der Waals surface area contributed by atoms with Crippen molar-refractivity contribution in [3.8, 4) is 0 Å². The van der Waals surface area contributed by atoms with E-state index in [1.54, 1.807) is 0 Å². The van der Waals surface area contributed by atoms with E-state index in [1.807, 2.05) is 0 Å². The molecule has 0 N–H and O–H groups in total. The molecule has 0 bridgehead atoms. The molecule has 25 heavy (non-hydrogen) atoms. The Morgan fingerprint density at radius 3 is 2.64 bits per heavy atom. The van der Waals surface area contributed by atoms with Crippen LogP contribution in [-0.4, -0.2) is 29.1 Å². The Kier molecular flexibility index (Phi) is 3.91. The van der Waals surface area contributed by atoms with Crippen LogP contribution >= 0.6 is 0 Å². The number of hydrogen-bond acceptors (Lipinski definition) is 7. The van der Waals surface area contributed by atoms with Gasteiger partial charge < -0.3 is 0 Å². The number of hydrogen-bond donors (Lipinski definition) is 0. The summed E-state index contributed by atoms with van der Waals surface area (Å²) in [4.78, 5) is 31.1. The predicted molar refractivity (Wildman–Crippen MR) is 87.3 cm³/mol. The SMILES string of the molecule is C=C=CN1c2nccnc2C(=O)C(c2ccccc2[N+](=O)[O-])S1(=O)=O. The predicted octanol–water partition coefficient (Wildman–Crippen LogP) is 1.76. The van der Waals surface area contributed by atoms with E-state index in [9.17, 15) is 23.3 Å². The minimum Gasteiger partial charge on any atom is -0.290 e. The first-order valence-electron chi connectivity index (χ1n) is 6.87. The van der Waals surface area contributed by atoms with Crippen LogP contribution in [0, 0.1) is 10.1 Å². The number of Topliss-reactive ketones (excluding diaryl/α,β-unsaturated/α-hetero) is 1. The monoisotopic (exact) mass is 358 g/mol. The van der Waals surface area contributed by atoms with E-state index >= 15 is 0 Å². The molecule has 0 saturated carbocycles. The number of nitrogens with zero attached hydrogens (tertiary/aromatic N) is 4. The zero-order chi connectivity index (χ0) is 18.2. The highest BCUT2D eigenvalue weighted by molar-refractivity contribution is 7.94. The van der Waals surface area contributed by atoms with Crippen molar-refractivity contribution < 1.29 is 18.1 Å². The van der Waals surface area contributed by atoms with Crippen molar-refractivity contribution in [3.05, 3.63) is 76.5 Å². The number of aromatic nitrogens is 2. The maximum Gasteiger partial charge on any atom is 0.274 e. The molecule has 1 unspecified atom stereocenters. The first-order chi connectivity index (χ1) is 11.9. The summed E-state index contributed by atoms with van der Waals surface area (Å²) < 4.78 is 26.6. The fourth-order valence-corrected chi connectivity index (χ4v) is 4.28. The van der Waals surface area contributed by atoms with Gasteiger partial charge in [0.05, 0.1) is 16.7 Å². The number of anilines is 1. The highest BCUT2D eigenvalue weighted by Crippen LogP contribution is 2.41. The van der Waals surface area contributed by atoms with Gasteiger partial charge in [-0.3, -0.25) is 14.9 Å². The molecule has 0 spiro atoms. The van der Waals surface area contributed by atoms with Crippen LogP contribution in [0.2, 0.25) is 0 Å². The maximum absolute atomic E-state index is 13.0. The molecule has 2 aromatic rings. The lowest BCUT2D eigenvalue weighted by Crippen LogP contribution is -2.41. The number of nitro benzene ring substituents is 1. The second-order valence-corrected chi connectivity index (χ2v) is 6.86. The van der Waals surface area contributed by atoms with Crippen LogP contribution in [0.3, 0.4) is 0 Å². The molecule has 0 aliphatic carbocycles. The molecule has 0 amide bonds. The Morgan fingerprint density at radius 1 is 1.28 bits per heavy atom. The number of fused-ring (bicyclic) bond motifs is 1. The van der Waals surface area contributed by atoms with Crippen LogP contribution in [0.5, 0.6) is 0 Å². The average molecular weight is 358 g/mol. The van der Waals surface area contributed by atoms with Crippen LogP contribution < -0.4 is 4.31 Å². The number of carbonyl (C=O) groups is 1. The molecular formula is C15H10N4O5S. The van der Waals surface area contributed by atoms with E-state index in [0.717, 1.165) is 12.3 Å². The first kappa shape index (κ1) is 16.5. The summed E-state index contributed by atoms with van der Waals surface area (Å²) in [5, 5.41) is 9.45. The lowest BCUT2D eigenvalue weighted by molar-refractivity contribution is -0.385. The Bertz CT molecular complexity index is 1040. The standard InChI is InChI=1S/C15H10N4O5S/c1-2-9-18-15-12(16-7-8-17-15)13(20)14(25(18,23)24)10-5-3-4-6-11(10)19(21)22/h3-9,14H,1H2. The normalized spacial score (nSPS) is 18.2. The third-order valence-electron chi connectivity index (χ3n) is 3.56. The van der Waals surface area contributed by atoms with Crippen LogP contribution in [0.25, 0.3) is 0 Å². The van der Waals surface area contributed by atoms with Gasteiger partial charge in [0.25, 0.3) is 15.7 Å². The van der Waals surface area contributed by atoms with Gasteiger partial charge in [0, 0.05) is 18.5 Å². The summed E-state index contributed by atoms with van der Waals surface area (Å²) >= 11 is 0. The number of para-hydroxylation sites is 1. The Labute approximate surface area is 142 Å². The molecule has 126 valence electrons. The smallest absolute Gasteiger partial charge is 0.274 e. The molecule has 2 heterocycles. The minimum atomic E-state index is -4.38. The lowest BCUT2D eigenvalue weighted by Gasteiger charge is -2.29. The second kappa shape index (κ2) is 5.93. The van der Waals surface area contributed by atoms with Gasteiger partial charge in [-0.25, -0.2) is 22.7 Å². The van der Waals surface area contributed by atoms with Gasteiger partial charge in [0.2, 0.25) is 5.78 Å². The maximum atomic E-state index is 13.0. The van der Waals surface area contributed by atoms with E-state index in [1.165, 1.54) is 30.6 Å². The number of rotatable bonds is 3. The molecular weight excluding hydrogens is 348 g/mol. The first-order valence-corrected chi connectivity index (χ1v) is 8.37. The zero-order valence-electron chi connectivity index (χ0n) is 12.6. The minimum absolute atomic E-state index is 0.196. The van der Waals surface area contributed by atoms with Gasteiger partial charge in [-0.1, -0.05) is 24.8 Å². The average Bonchev–Trinajstić information content (AvgIpc) is 2.59. The molecule has 1 atom stereocenters. The Hall–Kier alpha value is -3.36. The van der Waals surface area contributed by atoms with Crippen molar-refractivity contribution in [1.82, 2.24) is 9.97 Å². The van der Waals surface area contributed by atoms with E-state index in [0.29, 0.717) is 4.31 Å². The van der Waals surface area contributed by atoms with Gasteiger partial charge >= 0.3 is 0 Å². The topological polar surface area (TPSA) is 123 Å². The number of sulfonamides is 1. The molecule has 0 radical (unpaired) electrons. The van der Waals surface area contributed by atoms with E-state index < -0.39 is 31.7 Å². The molecule has 3 rings (SSSR count). The molecule has 1 aliphatic rings. The van der Waals surface area contributed by atoms with Crippen LogP contribution in [0.4, 0.5) is 11.5 Å². The molecule has 10 heteroatoms. The van der Waals surface area contributed by atoms with Crippen molar-refractivity contribution in [2.24, 2.45) is 0 Å². The molecule has 1 aromatic carbocycles. The fourth-order valence-electron chi connectivity index (χ4n) is 2.55. The van der Waals surface area contributed by atoms with Gasteiger partial charge in [0.1, 0.15) is 0 Å². The lowest BCUT2D eigenvalue weighted by atomic mass is 10.0. The number of nitro groups is 1. The highest BCUT2D eigenvalue weighted by atomic mass is 32.2. The molecule has 9 nitrogen and oxygen atoms in total. The molecule has 1 aromatic heterocycles.